The highest BCUT2D eigenvalue weighted by molar-refractivity contribution is 6.30. The zero-order valence-corrected chi connectivity index (χ0v) is 13.6. The van der Waals surface area contributed by atoms with Crippen LogP contribution in [0.4, 0.5) is 0 Å². The van der Waals surface area contributed by atoms with Crippen LogP contribution in [0.15, 0.2) is 18.2 Å². The Bertz CT molecular complexity index is 417. The molecule has 0 spiro atoms. The van der Waals surface area contributed by atoms with Gasteiger partial charge in [0.1, 0.15) is 12.4 Å². The van der Waals surface area contributed by atoms with Crippen molar-refractivity contribution < 1.29 is 9.84 Å². The number of rotatable bonds is 8. The first-order valence-electron chi connectivity index (χ1n) is 7.27. The van der Waals surface area contributed by atoms with Gasteiger partial charge in [-0.3, -0.25) is 0 Å². The van der Waals surface area contributed by atoms with Gasteiger partial charge in [-0.2, -0.15) is 0 Å². The Morgan fingerprint density at radius 3 is 2.50 bits per heavy atom. The van der Waals surface area contributed by atoms with E-state index in [0.29, 0.717) is 37.1 Å². The fourth-order valence-corrected chi connectivity index (χ4v) is 2.00. The van der Waals surface area contributed by atoms with Crippen LogP contribution in [-0.2, 0) is 6.54 Å². The second-order valence-corrected chi connectivity index (χ2v) is 5.94. The van der Waals surface area contributed by atoms with Gasteiger partial charge in [0.15, 0.2) is 0 Å². The summed E-state index contributed by atoms with van der Waals surface area (Å²) >= 11 is 6.04. The van der Waals surface area contributed by atoms with Crippen LogP contribution in [0.1, 0.15) is 46.1 Å². The Balaban J connectivity index is 2.78. The molecule has 20 heavy (non-hydrogen) atoms. The van der Waals surface area contributed by atoms with E-state index in [1.165, 1.54) is 0 Å². The molecule has 0 saturated heterocycles. The molecular formula is C16H26ClNO2. The van der Waals surface area contributed by atoms with Crippen LogP contribution in [0.25, 0.3) is 0 Å². The summed E-state index contributed by atoms with van der Waals surface area (Å²) < 4.78 is 5.82. The standard InChI is InChI=1S/C16H26ClNO2/c1-5-16(19,6-2)11-20-15-8-7-14(17)9-13(15)10-18-12(3)4/h7-9,12,18-19H,5-6,10-11H2,1-4H3. The van der Waals surface area contributed by atoms with Crippen molar-refractivity contribution in [3.63, 3.8) is 0 Å². The smallest absolute Gasteiger partial charge is 0.124 e. The Labute approximate surface area is 127 Å². The van der Waals surface area contributed by atoms with E-state index in [0.717, 1.165) is 11.3 Å². The average Bonchev–Trinajstić information content (AvgIpc) is 2.43. The van der Waals surface area contributed by atoms with E-state index in [2.05, 4.69) is 19.2 Å². The molecule has 0 amide bonds. The van der Waals surface area contributed by atoms with Gasteiger partial charge in [0.25, 0.3) is 0 Å². The second-order valence-electron chi connectivity index (χ2n) is 5.51. The molecule has 2 N–H and O–H groups in total. The molecule has 0 heterocycles. The predicted molar refractivity (Wildman–Crippen MR) is 84.5 cm³/mol. The topological polar surface area (TPSA) is 41.5 Å². The van der Waals surface area contributed by atoms with Gasteiger partial charge >= 0.3 is 0 Å². The molecule has 1 aromatic carbocycles. The summed E-state index contributed by atoms with van der Waals surface area (Å²) in [5.41, 5.74) is 0.253. The lowest BCUT2D eigenvalue weighted by Crippen LogP contribution is -2.34. The number of nitrogens with one attached hydrogen (secondary N) is 1. The molecular weight excluding hydrogens is 274 g/mol. The van der Waals surface area contributed by atoms with Crippen molar-refractivity contribution in [2.75, 3.05) is 6.61 Å². The fraction of sp³-hybridized carbons (Fsp3) is 0.625. The Kier molecular flexibility index (Phi) is 6.80. The van der Waals surface area contributed by atoms with Crippen LogP contribution < -0.4 is 10.1 Å². The molecule has 0 saturated carbocycles. The average molecular weight is 300 g/mol. The molecule has 114 valence electrons. The first kappa shape index (κ1) is 17.3. The molecule has 0 atom stereocenters. The highest BCUT2D eigenvalue weighted by Gasteiger charge is 2.23. The molecule has 0 fully saturated rings. The van der Waals surface area contributed by atoms with E-state index in [4.69, 9.17) is 16.3 Å². The van der Waals surface area contributed by atoms with Crippen LogP contribution in [0.5, 0.6) is 5.75 Å². The van der Waals surface area contributed by atoms with Crippen molar-refractivity contribution in [3.8, 4) is 5.75 Å². The summed E-state index contributed by atoms with van der Waals surface area (Å²) in [7, 11) is 0. The summed E-state index contributed by atoms with van der Waals surface area (Å²) in [6.45, 7) is 9.13. The SMILES string of the molecule is CCC(O)(CC)COc1ccc(Cl)cc1CNC(C)C. The van der Waals surface area contributed by atoms with Crippen LogP contribution >= 0.6 is 11.6 Å². The van der Waals surface area contributed by atoms with E-state index in [9.17, 15) is 5.11 Å². The molecule has 1 rings (SSSR count). The van der Waals surface area contributed by atoms with E-state index >= 15 is 0 Å². The van der Waals surface area contributed by atoms with Crippen molar-refractivity contribution in [2.24, 2.45) is 0 Å². The summed E-state index contributed by atoms with van der Waals surface area (Å²) in [6.07, 6.45) is 1.35. The van der Waals surface area contributed by atoms with Gasteiger partial charge in [-0.05, 0) is 31.0 Å². The van der Waals surface area contributed by atoms with Crippen molar-refractivity contribution in [2.45, 2.75) is 58.7 Å². The minimum atomic E-state index is -0.762. The zero-order valence-electron chi connectivity index (χ0n) is 12.9. The molecule has 4 heteroatoms. The fourth-order valence-electron chi connectivity index (χ4n) is 1.81. The summed E-state index contributed by atoms with van der Waals surface area (Å²) in [4.78, 5) is 0. The van der Waals surface area contributed by atoms with Crippen LogP contribution in [0.2, 0.25) is 5.02 Å². The highest BCUT2D eigenvalue weighted by atomic mass is 35.5. The molecule has 0 aliphatic heterocycles. The van der Waals surface area contributed by atoms with Gasteiger partial charge in [-0.1, -0.05) is 39.3 Å². The van der Waals surface area contributed by atoms with Gasteiger partial charge in [0, 0.05) is 23.2 Å². The van der Waals surface area contributed by atoms with Crippen LogP contribution in [-0.4, -0.2) is 23.4 Å². The summed E-state index contributed by atoms with van der Waals surface area (Å²) in [5, 5.41) is 14.3. The Hall–Kier alpha value is -0.770. The molecule has 0 unspecified atom stereocenters. The van der Waals surface area contributed by atoms with Crippen molar-refractivity contribution in [3.05, 3.63) is 28.8 Å². The lowest BCUT2D eigenvalue weighted by molar-refractivity contribution is -0.0116. The van der Waals surface area contributed by atoms with Gasteiger partial charge < -0.3 is 15.2 Å². The first-order chi connectivity index (χ1) is 9.40. The van der Waals surface area contributed by atoms with E-state index in [1.807, 2.05) is 32.0 Å². The van der Waals surface area contributed by atoms with Crippen LogP contribution in [0, 0.1) is 0 Å². The van der Waals surface area contributed by atoms with Crippen molar-refractivity contribution in [1.82, 2.24) is 5.32 Å². The number of halogens is 1. The minimum Gasteiger partial charge on any atom is -0.490 e. The molecule has 0 bridgehead atoms. The lowest BCUT2D eigenvalue weighted by Gasteiger charge is -2.26. The third-order valence-electron chi connectivity index (χ3n) is 3.54. The minimum absolute atomic E-state index is 0.302. The Morgan fingerprint density at radius 1 is 1.30 bits per heavy atom. The number of ether oxygens (including phenoxy) is 1. The maximum Gasteiger partial charge on any atom is 0.124 e. The number of aliphatic hydroxyl groups is 1. The van der Waals surface area contributed by atoms with E-state index in [1.54, 1.807) is 0 Å². The number of benzene rings is 1. The predicted octanol–water partition coefficient (Wildman–Crippen LogP) is 3.77. The van der Waals surface area contributed by atoms with Gasteiger partial charge in [0.05, 0.1) is 5.60 Å². The van der Waals surface area contributed by atoms with Crippen LogP contribution in [0.3, 0.4) is 0 Å². The monoisotopic (exact) mass is 299 g/mol. The third-order valence-corrected chi connectivity index (χ3v) is 3.77. The lowest BCUT2D eigenvalue weighted by atomic mass is 9.99. The van der Waals surface area contributed by atoms with E-state index in [-0.39, 0.29) is 0 Å². The quantitative estimate of drug-likeness (QED) is 0.768. The highest BCUT2D eigenvalue weighted by Crippen LogP contribution is 2.25. The molecule has 0 aromatic heterocycles. The number of hydrogen-bond donors (Lipinski definition) is 2. The second kappa shape index (κ2) is 7.87. The zero-order chi connectivity index (χ0) is 15.2. The summed E-state index contributed by atoms with van der Waals surface area (Å²) in [5.74, 6) is 0.780. The van der Waals surface area contributed by atoms with Gasteiger partial charge in [0.2, 0.25) is 0 Å². The number of hydrogen-bond acceptors (Lipinski definition) is 3. The first-order valence-corrected chi connectivity index (χ1v) is 7.65. The molecule has 0 aliphatic rings. The maximum absolute atomic E-state index is 10.3. The molecule has 1 aromatic rings. The normalized spacial score (nSPS) is 11.9. The van der Waals surface area contributed by atoms with Crippen molar-refractivity contribution in [1.29, 1.82) is 0 Å². The van der Waals surface area contributed by atoms with Gasteiger partial charge in [-0.25, -0.2) is 0 Å². The maximum atomic E-state index is 10.3. The molecule has 0 aliphatic carbocycles. The summed E-state index contributed by atoms with van der Waals surface area (Å²) in [6, 6.07) is 5.98. The van der Waals surface area contributed by atoms with Crippen molar-refractivity contribution >= 4 is 11.6 Å². The third kappa shape index (κ3) is 5.31. The largest absolute Gasteiger partial charge is 0.490 e. The molecule has 0 radical (unpaired) electrons. The van der Waals surface area contributed by atoms with Gasteiger partial charge in [-0.15, -0.1) is 0 Å². The van der Waals surface area contributed by atoms with E-state index < -0.39 is 5.60 Å². The Morgan fingerprint density at radius 2 is 1.95 bits per heavy atom. The molecule has 3 nitrogen and oxygen atoms in total.